The average molecular weight is 300 g/mol. The molecule has 1 saturated carbocycles. The molecule has 1 aliphatic rings. The van der Waals surface area contributed by atoms with E-state index in [2.05, 4.69) is 15.5 Å². The first kappa shape index (κ1) is 15.0. The van der Waals surface area contributed by atoms with Crippen LogP contribution in [0.1, 0.15) is 54.7 Å². The smallest absolute Gasteiger partial charge is 0.273 e. The van der Waals surface area contributed by atoms with Gasteiger partial charge in [0.1, 0.15) is 4.90 Å². The van der Waals surface area contributed by atoms with E-state index in [1.165, 1.54) is 19.8 Å². The van der Waals surface area contributed by atoms with Gasteiger partial charge in [0, 0.05) is 6.04 Å². The Kier molecular flexibility index (Phi) is 4.44. The predicted octanol–water partition coefficient (Wildman–Crippen LogP) is 0.818. The number of sulfonamides is 1. The minimum absolute atomic E-state index is 0.0790. The molecule has 0 atom stereocenters. The molecule has 1 aliphatic carbocycles. The molecule has 2 rings (SSSR count). The second kappa shape index (κ2) is 5.92. The van der Waals surface area contributed by atoms with Crippen LogP contribution < -0.4 is 10.5 Å². The summed E-state index contributed by atoms with van der Waals surface area (Å²) >= 11 is 0. The van der Waals surface area contributed by atoms with Crippen molar-refractivity contribution >= 4 is 15.9 Å². The van der Waals surface area contributed by atoms with Crippen molar-refractivity contribution in [2.75, 3.05) is 0 Å². The van der Waals surface area contributed by atoms with E-state index in [0.29, 0.717) is 0 Å². The van der Waals surface area contributed by atoms with Crippen LogP contribution in [0.25, 0.3) is 0 Å². The highest BCUT2D eigenvalue weighted by atomic mass is 32.2. The van der Waals surface area contributed by atoms with Gasteiger partial charge in [0.2, 0.25) is 10.0 Å². The topological polar surface area (TPSA) is 118 Å². The molecular weight excluding hydrogens is 280 g/mol. The van der Waals surface area contributed by atoms with Crippen molar-refractivity contribution in [1.29, 1.82) is 0 Å². The lowest BCUT2D eigenvalue weighted by atomic mass is 10.1. The number of nitrogens with zero attached hydrogens (tertiary/aromatic N) is 1. The van der Waals surface area contributed by atoms with Gasteiger partial charge in [0.25, 0.3) is 5.91 Å². The van der Waals surface area contributed by atoms with E-state index in [0.717, 1.165) is 25.7 Å². The van der Waals surface area contributed by atoms with E-state index in [1.54, 1.807) is 0 Å². The Labute approximate surface area is 118 Å². The molecule has 4 N–H and O–H groups in total. The van der Waals surface area contributed by atoms with E-state index in [4.69, 9.17) is 5.14 Å². The number of aryl methyl sites for hydroxylation is 1. The predicted molar refractivity (Wildman–Crippen MR) is 73.7 cm³/mol. The summed E-state index contributed by atoms with van der Waals surface area (Å²) in [6, 6.07) is 0.0790. The molecule has 0 bridgehead atoms. The maximum atomic E-state index is 12.2. The monoisotopic (exact) mass is 300 g/mol. The van der Waals surface area contributed by atoms with Crippen LogP contribution in [0, 0.1) is 6.92 Å². The van der Waals surface area contributed by atoms with Crippen molar-refractivity contribution in [2.24, 2.45) is 5.14 Å². The van der Waals surface area contributed by atoms with Gasteiger partial charge in [-0.3, -0.25) is 9.89 Å². The molecule has 1 aromatic rings. The summed E-state index contributed by atoms with van der Waals surface area (Å²) < 4.78 is 23.1. The van der Waals surface area contributed by atoms with Crippen molar-refractivity contribution in [2.45, 2.75) is 56.4 Å². The summed E-state index contributed by atoms with van der Waals surface area (Å²) in [5.74, 6) is -0.481. The zero-order valence-electron chi connectivity index (χ0n) is 11.5. The molecule has 8 heteroatoms. The van der Waals surface area contributed by atoms with Gasteiger partial charge in [-0.2, -0.15) is 5.10 Å². The van der Waals surface area contributed by atoms with Gasteiger partial charge in [-0.15, -0.1) is 0 Å². The summed E-state index contributed by atoms with van der Waals surface area (Å²) in [4.78, 5) is 12.0. The van der Waals surface area contributed by atoms with Gasteiger partial charge in [-0.05, 0) is 19.8 Å². The first-order chi connectivity index (χ1) is 9.39. The molecule has 0 saturated heterocycles. The van der Waals surface area contributed by atoms with E-state index in [1.807, 2.05) is 0 Å². The molecule has 1 heterocycles. The molecule has 20 heavy (non-hydrogen) atoms. The normalized spacial score (nSPS) is 17.7. The summed E-state index contributed by atoms with van der Waals surface area (Å²) in [6.45, 7) is 1.52. The number of aromatic nitrogens is 2. The van der Waals surface area contributed by atoms with E-state index in [-0.39, 0.29) is 22.3 Å². The van der Waals surface area contributed by atoms with E-state index in [9.17, 15) is 13.2 Å². The Bertz CT molecular complexity index is 586. The zero-order valence-corrected chi connectivity index (χ0v) is 12.3. The van der Waals surface area contributed by atoms with Gasteiger partial charge < -0.3 is 5.32 Å². The van der Waals surface area contributed by atoms with Crippen molar-refractivity contribution < 1.29 is 13.2 Å². The second-order valence-electron chi connectivity index (χ2n) is 5.23. The number of carbonyl (C=O) groups excluding carboxylic acids is 1. The summed E-state index contributed by atoms with van der Waals surface area (Å²) in [7, 11) is -3.97. The number of primary sulfonamides is 1. The molecule has 0 radical (unpaired) electrons. The minimum Gasteiger partial charge on any atom is -0.348 e. The van der Waals surface area contributed by atoms with Crippen LogP contribution in [0.15, 0.2) is 4.90 Å². The first-order valence-corrected chi connectivity index (χ1v) is 8.33. The number of rotatable bonds is 3. The summed E-state index contributed by atoms with van der Waals surface area (Å²) in [5.41, 5.74) is 0.132. The highest BCUT2D eigenvalue weighted by Crippen LogP contribution is 2.19. The molecule has 1 aromatic heterocycles. The van der Waals surface area contributed by atoms with Crippen molar-refractivity contribution in [3.8, 4) is 0 Å². The summed E-state index contributed by atoms with van der Waals surface area (Å²) in [5, 5.41) is 14.3. The van der Waals surface area contributed by atoms with Crippen molar-refractivity contribution in [1.82, 2.24) is 15.5 Å². The van der Waals surface area contributed by atoms with Crippen LogP contribution in [-0.2, 0) is 10.0 Å². The van der Waals surface area contributed by atoms with Crippen LogP contribution in [0.4, 0.5) is 0 Å². The number of carbonyl (C=O) groups is 1. The molecule has 0 aromatic carbocycles. The molecule has 112 valence electrons. The molecule has 0 spiro atoms. The van der Waals surface area contributed by atoms with Gasteiger partial charge in [-0.1, -0.05) is 25.7 Å². The summed E-state index contributed by atoms with van der Waals surface area (Å²) in [6.07, 6.45) is 6.34. The van der Waals surface area contributed by atoms with Gasteiger partial charge in [-0.25, -0.2) is 13.6 Å². The fourth-order valence-corrected chi connectivity index (χ4v) is 3.48. The maximum Gasteiger partial charge on any atom is 0.273 e. The Hall–Kier alpha value is -1.41. The van der Waals surface area contributed by atoms with Crippen LogP contribution in [-0.4, -0.2) is 30.6 Å². The number of nitrogens with two attached hydrogens (primary N) is 1. The fourth-order valence-electron chi connectivity index (χ4n) is 2.60. The maximum absolute atomic E-state index is 12.2. The minimum atomic E-state index is -3.97. The number of hydrogen-bond acceptors (Lipinski definition) is 4. The Morgan fingerprint density at radius 3 is 2.45 bits per heavy atom. The zero-order chi connectivity index (χ0) is 14.8. The largest absolute Gasteiger partial charge is 0.348 e. The lowest BCUT2D eigenvalue weighted by Crippen LogP contribution is -2.35. The Balaban J connectivity index is 2.17. The highest BCUT2D eigenvalue weighted by molar-refractivity contribution is 7.89. The Morgan fingerprint density at radius 1 is 1.30 bits per heavy atom. The third kappa shape index (κ3) is 3.37. The lowest BCUT2D eigenvalue weighted by molar-refractivity contribution is 0.0925. The molecule has 1 fully saturated rings. The lowest BCUT2D eigenvalue weighted by Gasteiger charge is -2.15. The first-order valence-electron chi connectivity index (χ1n) is 6.78. The fraction of sp³-hybridized carbons (Fsp3) is 0.667. The van der Waals surface area contributed by atoms with E-state index >= 15 is 0 Å². The number of hydrogen-bond donors (Lipinski definition) is 3. The van der Waals surface area contributed by atoms with Crippen molar-refractivity contribution in [3.05, 3.63) is 11.4 Å². The van der Waals surface area contributed by atoms with Gasteiger partial charge in [0.15, 0.2) is 5.69 Å². The second-order valence-corrected chi connectivity index (χ2v) is 6.73. The molecule has 0 aliphatic heterocycles. The van der Waals surface area contributed by atoms with Crippen LogP contribution >= 0.6 is 0 Å². The molecular formula is C12H20N4O3S. The average Bonchev–Trinajstić information content (AvgIpc) is 2.58. The standard InChI is InChI=1S/C12H20N4O3S/c1-8-11(20(13,18)19)10(16-15-8)12(17)14-9-6-4-2-3-5-7-9/h9H,2-7H2,1H3,(H,14,17)(H,15,16)(H2,13,18,19). The third-order valence-electron chi connectivity index (χ3n) is 3.58. The number of H-pyrrole nitrogens is 1. The third-order valence-corrected chi connectivity index (χ3v) is 4.65. The molecule has 7 nitrogen and oxygen atoms in total. The van der Waals surface area contributed by atoms with Gasteiger partial charge >= 0.3 is 0 Å². The molecule has 0 unspecified atom stereocenters. The molecule has 1 amide bonds. The number of nitrogens with one attached hydrogen (secondary N) is 2. The van der Waals surface area contributed by atoms with Gasteiger partial charge in [0.05, 0.1) is 5.69 Å². The quantitative estimate of drug-likeness (QED) is 0.716. The van der Waals surface area contributed by atoms with Crippen LogP contribution in [0.3, 0.4) is 0 Å². The van der Waals surface area contributed by atoms with Crippen LogP contribution in [0.2, 0.25) is 0 Å². The SMILES string of the molecule is Cc1[nH]nc(C(=O)NC2CCCCCC2)c1S(N)(=O)=O. The van der Waals surface area contributed by atoms with E-state index < -0.39 is 15.9 Å². The Morgan fingerprint density at radius 2 is 1.90 bits per heavy atom. The van der Waals surface area contributed by atoms with Crippen molar-refractivity contribution in [3.63, 3.8) is 0 Å². The highest BCUT2D eigenvalue weighted by Gasteiger charge is 2.27. The van der Waals surface area contributed by atoms with Crippen LogP contribution in [0.5, 0.6) is 0 Å². The number of amides is 1. The number of aromatic amines is 1.